The minimum atomic E-state index is -0.316. The summed E-state index contributed by atoms with van der Waals surface area (Å²) in [6.07, 6.45) is 0. The van der Waals surface area contributed by atoms with Gasteiger partial charge in [0.2, 0.25) is 0 Å². The molecule has 0 saturated heterocycles. The Morgan fingerprint density at radius 3 is 2.21 bits per heavy atom. The van der Waals surface area contributed by atoms with Gasteiger partial charge in [0.1, 0.15) is 5.82 Å². The van der Waals surface area contributed by atoms with E-state index in [9.17, 15) is 4.39 Å². The summed E-state index contributed by atoms with van der Waals surface area (Å²) in [6, 6.07) is 10.9. The van der Waals surface area contributed by atoms with Gasteiger partial charge in [-0.3, -0.25) is 0 Å². The third-order valence-electron chi connectivity index (χ3n) is 3.14. The highest BCUT2D eigenvalue weighted by Crippen LogP contribution is 2.29. The van der Waals surface area contributed by atoms with Crippen LogP contribution < -0.4 is 5.32 Å². The minimum Gasteiger partial charge on any atom is -0.309 e. The summed E-state index contributed by atoms with van der Waals surface area (Å²) in [5.41, 5.74) is 4.42. The Kier molecular flexibility index (Phi) is 4.23. The topological polar surface area (TPSA) is 12.0 Å². The Balaban J connectivity index is 2.49. The fraction of sp³-hybridized carbons (Fsp3) is 0.250. The first-order valence-electron chi connectivity index (χ1n) is 6.21. The van der Waals surface area contributed by atoms with Gasteiger partial charge in [-0.1, -0.05) is 47.0 Å². The number of benzene rings is 2. The second kappa shape index (κ2) is 5.72. The first kappa shape index (κ1) is 14.0. The predicted octanol–water partition coefficient (Wildman–Crippen LogP) is 4.40. The summed E-state index contributed by atoms with van der Waals surface area (Å²) in [7, 11) is 1.88. The highest BCUT2D eigenvalue weighted by atomic mass is 35.5. The molecule has 3 heteroatoms. The summed E-state index contributed by atoms with van der Waals surface area (Å²) in [6.45, 7) is 4.13. The number of hydrogen-bond acceptors (Lipinski definition) is 1. The van der Waals surface area contributed by atoms with Gasteiger partial charge in [-0.2, -0.15) is 0 Å². The molecule has 1 nitrogen and oxygen atoms in total. The van der Waals surface area contributed by atoms with Crippen molar-refractivity contribution in [2.45, 2.75) is 19.9 Å². The molecule has 19 heavy (non-hydrogen) atoms. The van der Waals surface area contributed by atoms with E-state index in [4.69, 9.17) is 11.6 Å². The van der Waals surface area contributed by atoms with E-state index in [1.54, 1.807) is 6.07 Å². The molecule has 2 rings (SSSR count). The molecule has 1 atom stereocenters. The Bertz CT molecular complexity index is 575. The number of rotatable bonds is 3. The van der Waals surface area contributed by atoms with Crippen LogP contribution in [0.2, 0.25) is 5.02 Å². The van der Waals surface area contributed by atoms with Crippen molar-refractivity contribution in [2.24, 2.45) is 0 Å². The van der Waals surface area contributed by atoms with Crippen LogP contribution in [0.3, 0.4) is 0 Å². The number of aryl methyl sites for hydroxylation is 2. The van der Waals surface area contributed by atoms with Crippen LogP contribution in [-0.2, 0) is 0 Å². The van der Waals surface area contributed by atoms with Crippen molar-refractivity contribution < 1.29 is 4.39 Å². The van der Waals surface area contributed by atoms with Crippen molar-refractivity contribution >= 4 is 11.6 Å². The van der Waals surface area contributed by atoms with Crippen molar-refractivity contribution in [3.05, 3.63) is 69.5 Å². The number of halogens is 2. The Morgan fingerprint density at radius 1 is 1.05 bits per heavy atom. The van der Waals surface area contributed by atoms with Gasteiger partial charge >= 0.3 is 0 Å². The molecule has 0 aliphatic carbocycles. The first-order chi connectivity index (χ1) is 9.01. The van der Waals surface area contributed by atoms with Crippen LogP contribution in [0.25, 0.3) is 0 Å². The SMILES string of the molecule is CNC(c1cc(C)cc(C)c1)c1ccc(F)cc1Cl. The zero-order valence-electron chi connectivity index (χ0n) is 11.3. The van der Waals surface area contributed by atoms with Crippen LogP contribution in [0.4, 0.5) is 4.39 Å². The summed E-state index contributed by atoms with van der Waals surface area (Å²) in [5, 5.41) is 3.69. The maximum absolute atomic E-state index is 13.1. The molecule has 0 spiro atoms. The lowest BCUT2D eigenvalue weighted by Crippen LogP contribution is -2.18. The third-order valence-corrected chi connectivity index (χ3v) is 3.47. The normalized spacial score (nSPS) is 12.5. The standard InChI is InChI=1S/C16H17ClFN/c1-10-6-11(2)8-12(7-10)16(19-3)14-5-4-13(18)9-15(14)17/h4-9,16,19H,1-3H3. The van der Waals surface area contributed by atoms with E-state index in [-0.39, 0.29) is 11.9 Å². The van der Waals surface area contributed by atoms with E-state index >= 15 is 0 Å². The van der Waals surface area contributed by atoms with Gasteiger partial charge in [0.15, 0.2) is 0 Å². The van der Waals surface area contributed by atoms with Gasteiger partial charge in [0.25, 0.3) is 0 Å². The Labute approximate surface area is 118 Å². The molecule has 0 heterocycles. The van der Waals surface area contributed by atoms with Gasteiger partial charge in [-0.05, 0) is 44.2 Å². The average Bonchev–Trinajstić information content (AvgIpc) is 2.31. The number of nitrogens with one attached hydrogen (secondary N) is 1. The molecule has 2 aromatic rings. The lowest BCUT2D eigenvalue weighted by molar-refractivity contribution is 0.623. The Hall–Kier alpha value is -1.38. The van der Waals surface area contributed by atoms with E-state index < -0.39 is 0 Å². The van der Waals surface area contributed by atoms with Gasteiger partial charge in [0, 0.05) is 5.02 Å². The van der Waals surface area contributed by atoms with Crippen LogP contribution in [0.1, 0.15) is 28.3 Å². The molecule has 0 aliphatic heterocycles. The summed E-state index contributed by atoms with van der Waals surface area (Å²) >= 11 is 6.15. The average molecular weight is 278 g/mol. The molecule has 0 aliphatic rings. The van der Waals surface area contributed by atoms with Crippen molar-refractivity contribution in [3.8, 4) is 0 Å². The molecule has 100 valence electrons. The maximum atomic E-state index is 13.1. The Morgan fingerprint density at radius 2 is 1.68 bits per heavy atom. The minimum absolute atomic E-state index is 0.0355. The third kappa shape index (κ3) is 3.14. The van der Waals surface area contributed by atoms with Crippen LogP contribution in [0, 0.1) is 19.7 Å². The van der Waals surface area contributed by atoms with Crippen LogP contribution >= 0.6 is 11.6 Å². The molecular formula is C16H17ClFN. The fourth-order valence-corrected chi connectivity index (χ4v) is 2.69. The maximum Gasteiger partial charge on any atom is 0.124 e. The van der Waals surface area contributed by atoms with Crippen LogP contribution in [0.5, 0.6) is 0 Å². The molecule has 0 amide bonds. The second-order valence-electron chi connectivity index (χ2n) is 4.81. The lowest BCUT2D eigenvalue weighted by Gasteiger charge is -2.19. The largest absolute Gasteiger partial charge is 0.309 e. The zero-order chi connectivity index (χ0) is 14.0. The quantitative estimate of drug-likeness (QED) is 0.876. The molecule has 1 unspecified atom stereocenters. The first-order valence-corrected chi connectivity index (χ1v) is 6.59. The summed E-state index contributed by atoms with van der Waals surface area (Å²) in [4.78, 5) is 0. The molecule has 0 bridgehead atoms. The van der Waals surface area contributed by atoms with Gasteiger partial charge in [0.05, 0.1) is 6.04 Å². The highest BCUT2D eigenvalue weighted by molar-refractivity contribution is 6.31. The molecule has 2 aromatic carbocycles. The molecule has 1 N–H and O–H groups in total. The molecular weight excluding hydrogens is 261 g/mol. The molecule has 0 aromatic heterocycles. The second-order valence-corrected chi connectivity index (χ2v) is 5.22. The van der Waals surface area contributed by atoms with Crippen molar-refractivity contribution in [3.63, 3.8) is 0 Å². The smallest absolute Gasteiger partial charge is 0.124 e. The van der Waals surface area contributed by atoms with E-state index in [1.807, 2.05) is 7.05 Å². The van der Waals surface area contributed by atoms with Gasteiger partial charge < -0.3 is 5.32 Å². The molecule has 0 radical (unpaired) electrons. The molecule has 0 fully saturated rings. The van der Waals surface area contributed by atoms with E-state index in [0.717, 1.165) is 11.1 Å². The van der Waals surface area contributed by atoms with Crippen molar-refractivity contribution in [2.75, 3.05) is 7.05 Å². The lowest BCUT2D eigenvalue weighted by atomic mass is 9.95. The van der Waals surface area contributed by atoms with Crippen LogP contribution in [-0.4, -0.2) is 7.05 Å². The fourth-order valence-electron chi connectivity index (χ4n) is 2.41. The summed E-state index contributed by atoms with van der Waals surface area (Å²) in [5.74, 6) is -0.316. The summed E-state index contributed by atoms with van der Waals surface area (Å²) < 4.78 is 13.1. The highest BCUT2D eigenvalue weighted by Gasteiger charge is 2.16. The molecule has 0 saturated carbocycles. The predicted molar refractivity (Wildman–Crippen MR) is 78.2 cm³/mol. The monoisotopic (exact) mass is 277 g/mol. The van der Waals surface area contributed by atoms with E-state index in [2.05, 4.69) is 37.4 Å². The number of hydrogen-bond donors (Lipinski definition) is 1. The van der Waals surface area contributed by atoms with Crippen molar-refractivity contribution in [1.82, 2.24) is 5.32 Å². The zero-order valence-corrected chi connectivity index (χ0v) is 12.1. The van der Waals surface area contributed by atoms with Gasteiger partial charge in [-0.15, -0.1) is 0 Å². The van der Waals surface area contributed by atoms with Crippen molar-refractivity contribution in [1.29, 1.82) is 0 Å². The van der Waals surface area contributed by atoms with E-state index in [1.165, 1.54) is 23.3 Å². The van der Waals surface area contributed by atoms with Crippen LogP contribution in [0.15, 0.2) is 36.4 Å². The van der Waals surface area contributed by atoms with E-state index in [0.29, 0.717) is 5.02 Å². The van der Waals surface area contributed by atoms with Gasteiger partial charge in [-0.25, -0.2) is 4.39 Å².